The molecule has 0 spiro atoms. The van der Waals surface area contributed by atoms with Gasteiger partial charge in [-0.05, 0) is 42.4 Å². The molecule has 0 radical (unpaired) electrons. The lowest BCUT2D eigenvalue weighted by Gasteiger charge is -2.13. The lowest BCUT2D eigenvalue weighted by molar-refractivity contribution is -0.141. The highest BCUT2D eigenvalue weighted by Gasteiger charge is 2.44. The van der Waals surface area contributed by atoms with Gasteiger partial charge in [0.15, 0.2) is 0 Å². The minimum atomic E-state index is -0.126. The molecule has 0 saturated heterocycles. The van der Waals surface area contributed by atoms with Crippen LogP contribution in [0.4, 0.5) is 0 Å². The van der Waals surface area contributed by atoms with Crippen molar-refractivity contribution in [3.05, 3.63) is 23.4 Å². The van der Waals surface area contributed by atoms with Crippen LogP contribution in [0.25, 0.3) is 0 Å². The molecule has 0 aromatic carbocycles. The predicted octanol–water partition coefficient (Wildman–Crippen LogP) is 2.32. The van der Waals surface area contributed by atoms with Crippen LogP contribution in [0, 0.1) is 12.3 Å². The van der Waals surface area contributed by atoms with Crippen LogP contribution in [0.2, 0.25) is 0 Å². The maximum Gasteiger partial charge on any atom is 0.306 e. The summed E-state index contributed by atoms with van der Waals surface area (Å²) in [6.07, 6.45) is 4.38. The van der Waals surface area contributed by atoms with E-state index >= 15 is 0 Å². The highest BCUT2D eigenvalue weighted by molar-refractivity contribution is 7.99. The monoisotopic (exact) mass is 281 g/mol. The van der Waals surface area contributed by atoms with E-state index in [0.29, 0.717) is 6.42 Å². The number of esters is 1. The van der Waals surface area contributed by atoms with Crippen molar-refractivity contribution in [2.45, 2.75) is 37.8 Å². The van der Waals surface area contributed by atoms with Crippen LogP contribution >= 0.6 is 11.8 Å². The number of nitrogens with zero attached hydrogens (tertiary/aromatic N) is 1. The Morgan fingerprint density at radius 1 is 1.58 bits per heavy atom. The van der Waals surface area contributed by atoms with Crippen molar-refractivity contribution in [3.63, 3.8) is 0 Å². The van der Waals surface area contributed by atoms with Crippen molar-refractivity contribution < 1.29 is 14.6 Å². The molecular formula is C14H19NO3S. The smallest absolute Gasteiger partial charge is 0.306 e. The van der Waals surface area contributed by atoms with Crippen molar-refractivity contribution in [1.29, 1.82) is 0 Å². The van der Waals surface area contributed by atoms with Gasteiger partial charge in [0, 0.05) is 11.9 Å². The maximum atomic E-state index is 11.4. The topological polar surface area (TPSA) is 59.4 Å². The summed E-state index contributed by atoms with van der Waals surface area (Å²) in [5.74, 6) is 0.771. The first-order chi connectivity index (χ1) is 9.08. The van der Waals surface area contributed by atoms with E-state index in [1.807, 2.05) is 13.0 Å². The number of aliphatic hydroxyl groups is 1. The molecule has 1 N–H and O–H groups in total. The lowest BCUT2D eigenvalue weighted by atomic mass is 10.1. The second-order valence-electron chi connectivity index (χ2n) is 5.17. The fourth-order valence-corrected chi connectivity index (χ4v) is 3.25. The Hall–Kier alpha value is -1.07. The molecule has 1 heterocycles. The van der Waals surface area contributed by atoms with E-state index < -0.39 is 0 Å². The summed E-state index contributed by atoms with van der Waals surface area (Å²) in [4.78, 5) is 15.7. The summed E-state index contributed by atoms with van der Waals surface area (Å²) in [6.45, 7) is 2.01. The third kappa shape index (κ3) is 3.70. The molecule has 2 rings (SSSR count). The average molecular weight is 281 g/mol. The van der Waals surface area contributed by atoms with Gasteiger partial charge in [0.2, 0.25) is 0 Å². The van der Waals surface area contributed by atoms with Crippen LogP contribution in [0.3, 0.4) is 0 Å². The standard InChI is InChI=1S/C14H19NO3S/c1-10-5-11(8-16)7-15-13(10)19-9-14(3-4-14)6-12(17)18-2/h5,7,16H,3-4,6,8-9H2,1-2H3. The Morgan fingerprint density at radius 2 is 2.32 bits per heavy atom. The summed E-state index contributed by atoms with van der Waals surface area (Å²) in [7, 11) is 1.44. The van der Waals surface area contributed by atoms with Crippen molar-refractivity contribution in [2.75, 3.05) is 12.9 Å². The number of hydrogen-bond donors (Lipinski definition) is 1. The molecule has 19 heavy (non-hydrogen) atoms. The van der Waals surface area contributed by atoms with Gasteiger partial charge in [-0.2, -0.15) is 0 Å². The molecule has 1 aromatic heterocycles. The molecule has 0 amide bonds. The minimum absolute atomic E-state index is 0.0189. The van der Waals surface area contributed by atoms with Crippen LogP contribution in [-0.2, 0) is 16.1 Å². The highest BCUT2D eigenvalue weighted by atomic mass is 32.2. The van der Waals surface area contributed by atoms with Gasteiger partial charge < -0.3 is 9.84 Å². The van der Waals surface area contributed by atoms with Crippen LogP contribution < -0.4 is 0 Å². The van der Waals surface area contributed by atoms with Gasteiger partial charge in [0.1, 0.15) is 0 Å². The SMILES string of the molecule is COC(=O)CC1(CSc2ncc(CO)cc2C)CC1. The molecule has 4 nitrogen and oxygen atoms in total. The van der Waals surface area contributed by atoms with Crippen LogP contribution in [-0.4, -0.2) is 28.9 Å². The molecule has 1 aliphatic rings. The second-order valence-corrected chi connectivity index (χ2v) is 6.13. The number of rotatable bonds is 6. The minimum Gasteiger partial charge on any atom is -0.469 e. The molecular weight excluding hydrogens is 262 g/mol. The normalized spacial score (nSPS) is 16.2. The van der Waals surface area contributed by atoms with Crippen LogP contribution in [0.5, 0.6) is 0 Å². The van der Waals surface area contributed by atoms with E-state index in [1.165, 1.54) is 7.11 Å². The zero-order chi connectivity index (χ0) is 13.9. The molecule has 1 aliphatic carbocycles. The van der Waals surface area contributed by atoms with Crippen molar-refractivity contribution in [1.82, 2.24) is 4.98 Å². The first kappa shape index (κ1) is 14.3. The molecule has 1 fully saturated rings. The van der Waals surface area contributed by atoms with Crippen molar-refractivity contribution in [2.24, 2.45) is 5.41 Å². The number of aryl methyl sites for hydroxylation is 1. The fourth-order valence-electron chi connectivity index (χ4n) is 2.01. The Labute approximate surface area is 117 Å². The van der Waals surface area contributed by atoms with Crippen LogP contribution in [0.1, 0.15) is 30.4 Å². The van der Waals surface area contributed by atoms with Crippen molar-refractivity contribution in [3.8, 4) is 0 Å². The zero-order valence-corrected chi connectivity index (χ0v) is 12.1. The van der Waals surface area contributed by atoms with Gasteiger partial charge in [-0.25, -0.2) is 4.98 Å². The fraction of sp³-hybridized carbons (Fsp3) is 0.571. The number of aromatic nitrogens is 1. The number of aliphatic hydroxyl groups excluding tert-OH is 1. The average Bonchev–Trinajstić information content (AvgIpc) is 3.17. The lowest BCUT2D eigenvalue weighted by Crippen LogP contribution is -2.13. The van der Waals surface area contributed by atoms with Crippen molar-refractivity contribution >= 4 is 17.7 Å². The summed E-state index contributed by atoms with van der Waals surface area (Å²) in [6, 6.07) is 1.95. The van der Waals surface area contributed by atoms with Gasteiger partial charge in [0.05, 0.1) is 25.2 Å². The van der Waals surface area contributed by atoms with Gasteiger partial charge in [-0.15, -0.1) is 11.8 Å². The number of carbonyl (C=O) groups is 1. The maximum absolute atomic E-state index is 11.4. The number of thioether (sulfide) groups is 1. The van der Waals surface area contributed by atoms with E-state index in [-0.39, 0.29) is 18.0 Å². The predicted molar refractivity (Wildman–Crippen MR) is 73.9 cm³/mol. The Morgan fingerprint density at radius 3 is 2.84 bits per heavy atom. The van der Waals surface area contributed by atoms with E-state index in [9.17, 15) is 4.79 Å². The molecule has 5 heteroatoms. The molecule has 0 bridgehead atoms. The second kappa shape index (κ2) is 5.92. The van der Waals surface area contributed by atoms with E-state index in [0.717, 1.165) is 34.7 Å². The molecule has 1 aromatic rings. The number of carbonyl (C=O) groups excluding carboxylic acids is 1. The molecule has 104 valence electrons. The number of pyridine rings is 1. The number of ether oxygens (including phenoxy) is 1. The summed E-state index contributed by atoms with van der Waals surface area (Å²) >= 11 is 1.69. The number of hydrogen-bond acceptors (Lipinski definition) is 5. The Bertz CT molecular complexity index is 472. The third-order valence-electron chi connectivity index (χ3n) is 3.49. The zero-order valence-electron chi connectivity index (χ0n) is 11.3. The van der Waals surface area contributed by atoms with Gasteiger partial charge in [-0.3, -0.25) is 4.79 Å². The third-order valence-corrected chi connectivity index (χ3v) is 4.95. The molecule has 0 atom stereocenters. The first-order valence-electron chi connectivity index (χ1n) is 6.34. The number of methoxy groups -OCH3 is 1. The summed E-state index contributed by atoms with van der Waals surface area (Å²) in [5.41, 5.74) is 2.02. The Balaban J connectivity index is 1.94. The van der Waals surface area contributed by atoms with Gasteiger partial charge in [-0.1, -0.05) is 0 Å². The van der Waals surface area contributed by atoms with Gasteiger partial charge >= 0.3 is 5.97 Å². The van der Waals surface area contributed by atoms with Gasteiger partial charge in [0.25, 0.3) is 0 Å². The highest BCUT2D eigenvalue weighted by Crippen LogP contribution is 2.52. The molecule has 0 unspecified atom stereocenters. The first-order valence-corrected chi connectivity index (χ1v) is 7.33. The largest absolute Gasteiger partial charge is 0.469 e. The van der Waals surface area contributed by atoms with Crippen LogP contribution in [0.15, 0.2) is 17.3 Å². The quantitative estimate of drug-likeness (QED) is 0.640. The van der Waals surface area contributed by atoms with E-state index in [1.54, 1.807) is 18.0 Å². The summed E-state index contributed by atoms with van der Waals surface area (Å²) in [5, 5.41) is 10.0. The van der Waals surface area contributed by atoms with E-state index in [2.05, 4.69) is 4.98 Å². The van der Waals surface area contributed by atoms with E-state index in [4.69, 9.17) is 9.84 Å². The molecule has 1 saturated carbocycles. The Kier molecular flexibility index (Phi) is 4.47. The molecule has 0 aliphatic heterocycles. The summed E-state index contributed by atoms with van der Waals surface area (Å²) < 4.78 is 4.74.